The molecule has 1 heterocycles. The lowest BCUT2D eigenvalue weighted by Gasteiger charge is -2.27. The third-order valence-electron chi connectivity index (χ3n) is 4.25. The Balaban J connectivity index is 2.06. The summed E-state index contributed by atoms with van der Waals surface area (Å²) in [5.74, 6) is 0.749. The number of rotatable bonds is 4. The first-order valence-corrected chi connectivity index (χ1v) is 7.72. The minimum Gasteiger partial charge on any atom is -0.397 e. The monoisotopic (exact) mass is 277 g/mol. The molecule has 0 aromatic carbocycles. The molecule has 0 aliphatic heterocycles. The summed E-state index contributed by atoms with van der Waals surface area (Å²) in [4.78, 5) is 14.5. The van der Waals surface area contributed by atoms with E-state index in [-0.39, 0.29) is 11.9 Å². The number of anilines is 1. The van der Waals surface area contributed by atoms with E-state index in [0.717, 1.165) is 6.54 Å². The minimum absolute atomic E-state index is 0.0842. The molecule has 0 atom stereocenters. The van der Waals surface area contributed by atoms with Crippen molar-refractivity contribution in [3.63, 3.8) is 0 Å². The molecule has 1 aromatic heterocycles. The van der Waals surface area contributed by atoms with Crippen molar-refractivity contribution in [1.29, 1.82) is 0 Å². The Morgan fingerprint density at radius 1 is 1.40 bits per heavy atom. The molecule has 0 saturated heterocycles. The molecule has 0 unspecified atom stereocenters. The summed E-state index contributed by atoms with van der Waals surface area (Å²) in [5, 5.41) is 0. The molecular weight excluding hydrogens is 250 g/mol. The average Bonchev–Trinajstić information content (AvgIpc) is 2.81. The lowest BCUT2D eigenvalue weighted by Crippen LogP contribution is -2.34. The van der Waals surface area contributed by atoms with E-state index in [1.807, 2.05) is 22.7 Å². The third kappa shape index (κ3) is 3.35. The smallest absolute Gasteiger partial charge is 0.270 e. The molecular formula is C16H27N3O. The zero-order valence-corrected chi connectivity index (χ0v) is 12.9. The molecule has 1 aromatic rings. The van der Waals surface area contributed by atoms with Crippen LogP contribution < -0.4 is 5.73 Å². The predicted molar refractivity (Wildman–Crippen MR) is 82.8 cm³/mol. The van der Waals surface area contributed by atoms with E-state index in [9.17, 15) is 4.79 Å². The first-order chi connectivity index (χ1) is 9.49. The lowest BCUT2D eigenvalue weighted by atomic mass is 9.89. The largest absolute Gasteiger partial charge is 0.397 e. The topological polar surface area (TPSA) is 51.3 Å². The molecule has 4 nitrogen and oxygen atoms in total. The molecule has 0 radical (unpaired) electrons. The van der Waals surface area contributed by atoms with Gasteiger partial charge < -0.3 is 15.2 Å². The van der Waals surface area contributed by atoms with E-state index >= 15 is 0 Å². The van der Waals surface area contributed by atoms with Gasteiger partial charge in [-0.1, -0.05) is 19.3 Å². The molecule has 1 aliphatic carbocycles. The molecule has 1 aliphatic rings. The van der Waals surface area contributed by atoms with Gasteiger partial charge in [0.25, 0.3) is 5.91 Å². The number of amides is 1. The Kier molecular flexibility index (Phi) is 4.73. The van der Waals surface area contributed by atoms with Gasteiger partial charge in [-0.25, -0.2) is 0 Å². The fraction of sp³-hybridized carbons (Fsp3) is 0.688. The van der Waals surface area contributed by atoms with Crippen LogP contribution in [0, 0.1) is 5.92 Å². The van der Waals surface area contributed by atoms with Crippen molar-refractivity contribution in [2.45, 2.75) is 52.0 Å². The maximum atomic E-state index is 12.6. The highest BCUT2D eigenvalue weighted by atomic mass is 16.2. The Hall–Kier alpha value is -1.45. The van der Waals surface area contributed by atoms with Crippen LogP contribution in [0.3, 0.4) is 0 Å². The minimum atomic E-state index is 0.0842. The maximum Gasteiger partial charge on any atom is 0.270 e. The molecule has 1 saturated carbocycles. The van der Waals surface area contributed by atoms with Gasteiger partial charge in [-0.15, -0.1) is 0 Å². The molecule has 20 heavy (non-hydrogen) atoms. The molecule has 4 heteroatoms. The Bertz CT molecular complexity index is 458. The van der Waals surface area contributed by atoms with Crippen LogP contribution in [0.1, 0.15) is 62.5 Å². The summed E-state index contributed by atoms with van der Waals surface area (Å²) in [6.45, 7) is 5.00. The van der Waals surface area contributed by atoms with Crippen molar-refractivity contribution in [2.75, 3.05) is 19.3 Å². The van der Waals surface area contributed by atoms with E-state index in [1.165, 1.54) is 32.1 Å². The van der Waals surface area contributed by atoms with Crippen LogP contribution in [0.4, 0.5) is 5.69 Å². The van der Waals surface area contributed by atoms with Gasteiger partial charge in [0.05, 0.1) is 5.69 Å². The van der Waals surface area contributed by atoms with Crippen LogP contribution in [-0.4, -0.2) is 29.0 Å². The molecule has 1 amide bonds. The van der Waals surface area contributed by atoms with Gasteiger partial charge in [0.15, 0.2) is 0 Å². The molecule has 0 spiro atoms. The van der Waals surface area contributed by atoms with Crippen LogP contribution in [0.2, 0.25) is 0 Å². The van der Waals surface area contributed by atoms with Crippen LogP contribution in [0.15, 0.2) is 12.3 Å². The highest BCUT2D eigenvalue weighted by Gasteiger charge is 2.22. The van der Waals surface area contributed by atoms with Crippen molar-refractivity contribution >= 4 is 11.6 Å². The number of carbonyl (C=O) groups excluding carboxylic acids is 1. The normalized spacial score (nSPS) is 16.6. The summed E-state index contributed by atoms with van der Waals surface area (Å²) in [7, 11) is 1.91. The number of nitrogens with zero attached hydrogens (tertiary/aromatic N) is 2. The van der Waals surface area contributed by atoms with Gasteiger partial charge in [-0.05, 0) is 38.7 Å². The fourth-order valence-electron chi connectivity index (χ4n) is 3.13. The third-order valence-corrected chi connectivity index (χ3v) is 4.25. The highest BCUT2D eigenvalue weighted by molar-refractivity contribution is 5.93. The predicted octanol–water partition coefficient (Wildman–Crippen LogP) is 3.30. The SMILES string of the molecule is CC(C)n1cc(N)cc1C(=O)N(C)CC1CCCCC1. The summed E-state index contributed by atoms with van der Waals surface area (Å²) >= 11 is 0. The molecule has 0 bridgehead atoms. The number of hydrogen-bond donors (Lipinski definition) is 1. The van der Waals surface area contributed by atoms with Crippen molar-refractivity contribution in [3.8, 4) is 0 Å². The van der Waals surface area contributed by atoms with E-state index in [4.69, 9.17) is 5.73 Å². The van der Waals surface area contributed by atoms with Gasteiger partial charge in [0, 0.05) is 25.8 Å². The average molecular weight is 277 g/mol. The Morgan fingerprint density at radius 2 is 2.05 bits per heavy atom. The van der Waals surface area contributed by atoms with Crippen LogP contribution in [-0.2, 0) is 0 Å². The number of carbonyl (C=O) groups is 1. The number of hydrogen-bond acceptors (Lipinski definition) is 2. The molecule has 1 fully saturated rings. The lowest BCUT2D eigenvalue weighted by molar-refractivity contribution is 0.0748. The first kappa shape index (κ1) is 14.9. The first-order valence-electron chi connectivity index (χ1n) is 7.72. The van der Waals surface area contributed by atoms with E-state index in [0.29, 0.717) is 17.3 Å². The summed E-state index contributed by atoms with van der Waals surface area (Å²) in [5.41, 5.74) is 7.21. The van der Waals surface area contributed by atoms with Gasteiger partial charge in [-0.3, -0.25) is 4.79 Å². The number of aromatic nitrogens is 1. The summed E-state index contributed by atoms with van der Waals surface area (Å²) in [6.07, 6.45) is 8.33. The second kappa shape index (κ2) is 6.33. The summed E-state index contributed by atoms with van der Waals surface area (Å²) in [6, 6.07) is 2.04. The van der Waals surface area contributed by atoms with Crippen LogP contribution >= 0.6 is 0 Å². The summed E-state index contributed by atoms with van der Waals surface area (Å²) < 4.78 is 1.97. The molecule has 2 N–H and O–H groups in total. The van der Waals surface area contributed by atoms with E-state index in [2.05, 4.69) is 13.8 Å². The van der Waals surface area contributed by atoms with Crippen molar-refractivity contribution < 1.29 is 4.79 Å². The Labute approximate surface area is 121 Å². The van der Waals surface area contributed by atoms with Crippen molar-refractivity contribution in [1.82, 2.24) is 9.47 Å². The maximum absolute atomic E-state index is 12.6. The standard InChI is InChI=1S/C16H27N3O/c1-12(2)19-11-14(17)9-15(19)16(20)18(3)10-13-7-5-4-6-8-13/h9,11-13H,4-8,10,17H2,1-3H3. The second-order valence-corrected chi connectivity index (χ2v) is 6.35. The van der Waals surface area contributed by atoms with Crippen LogP contribution in [0.5, 0.6) is 0 Å². The Morgan fingerprint density at radius 3 is 2.65 bits per heavy atom. The van der Waals surface area contributed by atoms with Gasteiger partial charge in [0.1, 0.15) is 5.69 Å². The zero-order chi connectivity index (χ0) is 14.7. The van der Waals surface area contributed by atoms with Gasteiger partial charge in [0.2, 0.25) is 0 Å². The van der Waals surface area contributed by atoms with Crippen LogP contribution in [0.25, 0.3) is 0 Å². The zero-order valence-electron chi connectivity index (χ0n) is 12.9. The second-order valence-electron chi connectivity index (χ2n) is 6.35. The van der Waals surface area contributed by atoms with E-state index in [1.54, 1.807) is 6.07 Å². The van der Waals surface area contributed by atoms with E-state index < -0.39 is 0 Å². The highest BCUT2D eigenvalue weighted by Crippen LogP contribution is 2.25. The van der Waals surface area contributed by atoms with Gasteiger partial charge in [-0.2, -0.15) is 0 Å². The number of nitrogen functional groups attached to an aromatic ring is 1. The molecule has 112 valence electrons. The van der Waals surface area contributed by atoms with Crippen molar-refractivity contribution in [3.05, 3.63) is 18.0 Å². The molecule has 2 rings (SSSR count). The fourth-order valence-corrected chi connectivity index (χ4v) is 3.13. The quantitative estimate of drug-likeness (QED) is 0.918. The van der Waals surface area contributed by atoms with Gasteiger partial charge >= 0.3 is 0 Å². The van der Waals surface area contributed by atoms with Crippen molar-refractivity contribution in [2.24, 2.45) is 5.92 Å². The number of nitrogens with two attached hydrogens (primary N) is 1.